The van der Waals surface area contributed by atoms with E-state index in [1.165, 1.54) is 30.0 Å². The number of carboxylic acid groups (broad SMARTS) is 1. The summed E-state index contributed by atoms with van der Waals surface area (Å²) >= 11 is 0. The third-order valence-electron chi connectivity index (χ3n) is 4.11. The number of hydrogen-bond acceptors (Lipinski definition) is 3. The Labute approximate surface area is 134 Å². The maximum atomic E-state index is 12.0. The van der Waals surface area contributed by atoms with Crippen molar-refractivity contribution in [2.75, 3.05) is 0 Å². The lowest BCUT2D eigenvalue weighted by Gasteiger charge is -2.16. The van der Waals surface area contributed by atoms with Crippen LogP contribution in [0.3, 0.4) is 0 Å². The highest BCUT2D eigenvalue weighted by atomic mass is 16.4. The van der Waals surface area contributed by atoms with Crippen molar-refractivity contribution in [1.29, 1.82) is 0 Å². The Morgan fingerprint density at radius 3 is 2.61 bits per heavy atom. The molecule has 120 valence electrons. The van der Waals surface area contributed by atoms with E-state index in [-0.39, 0.29) is 18.2 Å². The summed E-state index contributed by atoms with van der Waals surface area (Å²) in [5, 5.41) is 11.5. The molecule has 5 nitrogen and oxygen atoms in total. The molecule has 0 radical (unpaired) electrons. The van der Waals surface area contributed by atoms with Crippen molar-refractivity contribution in [2.24, 2.45) is 0 Å². The Kier molecular flexibility index (Phi) is 4.46. The van der Waals surface area contributed by atoms with Gasteiger partial charge in [0.25, 0.3) is 0 Å². The number of aromatic carboxylic acids is 1. The number of furan rings is 1. The molecule has 0 saturated carbocycles. The van der Waals surface area contributed by atoms with E-state index < -0.39 is 5.97 Å². The minimum absolute atomic E-state index is 0.103. The normalized spacial score (nSPS) is 13.4. The molecule has 1 aromatic carbocycles. The molecule has 0 aliphatic heterocycles. The number of fused-ring (bicyclic) bond motifs is 1. The molecule has 5 heteroatoms. The summed E-state index contributed by atoms with van der Waals surface area (Å²) in [5.74, 6) is -0.907. The average Bonchev–Trinajstić information content (AvgIpc) is 3.02. The van der Waals surface area contributed by atoms with Crippen molar-refractivity contribution < 1.29 is 19.1 Å². The molecule has 3 rings (SSSR count). The van der Waals surface area contributed by atoms with Crippen molar-refractivity contribution in [1.82, 2.24) is 5.32 Å². The largest absolute Gasteiger partial charge is 0.475 e. The molecule has 2 N–H and O–H groups in total. The van der Waals surface area contributed by atoms with E-state index in [9.17, 15) is 9.59 Å². The first kappa shape index (κ1) is 15.3. The predicted octanol–water partition coefficient (Wildman–Crippen LogP) is 2.72. The first-order valence-electron chi connectivity index (χ1n) is 7.81. The molecule has 1 aliphatic carbocycles. The fraction of sp³-hybridized carbons (Fsp3) is 0.333. The molecule has 0 atom stereocenters. The lowest BCUT2D eigenvalue weighted by Crippen LogP contribution is -2.24. The minimum atomic E-state index is -1.11. The second kappa shape index (κ2) is 6.69. The zero-order valence-electron chi connectivity index (χ0n) is 12.8. The van der Waals surface area contributed by atoms with Gasteiger partial charge >= 0.3 is 5.97 Å². The Balaban J connectivity index is 1.55. The molecule has 0 unspecified atom stereocenters. The minimum Gasteiger partial charge on any atom is -0.475 e. The lowest BCUT2D eigenvalue weighted by atomic mass is 9.90. The molecule has 0 fully saturated rings. The maximum Gasteiger partial charge on any atom is 0.371 e. The van der Waals surface area contributed by atoms with Crippen molar-refractivity contribution in [3.63, 3.8) is 0 Å². The van der Waals surface area contributed by atoms with E-state index in [0.717, 1.165) is 18.4 Å². The smallest absolute Gasteiger partial charge is 0.371 e. The molecular weight excluding hydrogens is 294 g/mol. The summed E-state index contributed by atoms with van der Waals surface area (Å²) < 4.78 is 5.11. The Bertz CT molecular complexity index is 732. The van der Waals surface area contributed by atoms with E-state index in [1.807, 2.05) is 6.07 Å². The number of nitrogens with one attached hydrogen (secondary N) is 1. The summed E-state index contributed by atoms with van der Waals surface area (Å²) in [4.78, 5) is 22.8. The standard InChI is InChI=1S/C18H19NO4/c20-17(19-11-15-7-8-16(23-15)18(21)22)10-12-5-6-13-3-1-2-4-14(13)9-12/h5-9H,1-4,10-11H2,(H,19,20)(H,21,22). The Morgan fingerprint density at radius 2 is 1.87 bits per heavy atom. The van der Waals surface area contributed by atoms with E-state index in [2.05, 4.69) is 17.4 Å². The van der Waals surface area contributed by atoms with Gasteiger partial charge in [-0.2, -0.15) is 0 Å². The van der Waals surface area contributed by atoms with Crippen molar-refractivity contribution in [3.8, 4) is 0 Å². The number of carbonyl (C=O) groups is 2. The summed E-state index contributed by atoms with van der Waals surface area (Å²) in [7, 11) is 0. The van der Waals surface area contributed by atoms with Gasteiger partial charge in [-0.3, -0.25) is 4.79 Å². The van der Waals surface area contributed by atoms with Gasteiger partial charge in [0, 0.05) is 0 Å². The highest BCUT2D eigenvalue weighted by molar-refractivity contribution is 5.84. The highest BCUT2D eigenvalue weighted by Crippen LogP contribution is 2.22. The number of benzene rings is 1. The fourth-order valence-electron chi connectivity index (χ4n) is 2.92. The van der Waals surface area contributed by atoms with E-state index >= 15 is 0 Å². The van der Waals surface area contributed by atoms with Crippen molar-refractivity contribution >= 4 is 11.9 Å². The first-order valence-corrected chi connectivity index (χ1v) is 7.81. The third-order valence-corrected chi connectivity index (χ3v) is 4.11. The van der Waals surface area contributed by atoms with Crippen LogP contribution in [0, 0.1) is 0 Å². The number of rotatable bonds is 5. The van der Waals surface area contributed by atoms with Crippen molar-refractivity contribution in [3.05, 3.63) is 58.5 Å². The molecule has 1 amide bonds. The van der Waals surface area contributed by atoms with Crippen LogP contribution in [0.15, 0.2) is 34.7 Å². The summed E-state index contributed by atoms with van der Waals surface area (Å²) in [6.07, 6.45) is 5.00. The SMILES string of the molecule is O=C(Cc1ccc2c(c1)CCCC2)NCc1ccc(C(=O)O)o1. The topological polar surface area (TPSA) is 79.5 Å². The zero-order valence-corrected chi connectivity index (χ0v) is 12.8. The van der Waals surface area contributed by atoms with Crippen LogP contribution in [-0.2, 0) is 30.6 Å². The average molecular weight is 313 g/mol. The van der Waals surface area contributed by atoms with Gasteiger partial charge in [0.1, 0.15) is 5.76 Å². The van der Waals surface area contributed by atoms with Gasteiger partial charge in [-0.1, -0.05) is 18.2 Å². The van der Waals surface area contributed by atoms with Crippen LogP contribution in [0.4, 0.5) is 0 Å². The van der Waals surface area contributed by atoms with Crippen LogP contribution in [-0.4, -0.2) is 17.0 Å². The molecule has 0 saturated heterocycles. The van der Waals surface area contributed by atoms with Gasteiger partial charge in [-0.15, -0.1) is 0 Å². The summed E-state index contributed by atoms with van der Waals surface area (Å²) in [6.45, 7) is 0.192. The van der Waals surface area contributed by atoms with Crippen LogP contribution in [0.25, 0.3) is 0 Å². The fourth-order valence-corrected chi connectivity index (χ4v) is 2.92. The monoisotopic (exact) mass is 313 g/mol. The maximum absolute atomic E-state index is 12.0. The van der Waals surface area contributed by atoms with Gasteiger partial charge < -0.3 is 14.8 Å². The lowest BCUT2D eigenvalue weighted by molar-refractivity contribution is -0.120. The Morgan fingerprint density at radius 1 is 1.09 bits per heavy atom. The molecule has 1 heterocycles. The van der Waals surface area contributed by atoms with Crippen LogP contribution in [0.2, 0.25) is 0 Å². The number of amides is 1. The zero-order chi connectivity index (χ0) is 16.2. The number of aryl methyl sites for hydroxylation is 2. The summed E-state index contributed by atoms with van der Waals surface area (Å²) in [5.41, 5.74) is 3.77. The molecule has 0 bridgehead atoms. The quantitative estimate of drug-likeness (QED) is 0.889. The number of carbonyl (C=O) groups excluding carboxylic acids is 1. The third kappa shape index (κ3) is 3.80. The second-order valence-corrected chi connectivity index (χ2v) is 5.83. The molecule has 0 spiro atoms. The molecule has 1 aromatic heterocycles. The predicted molar refractivity (Wildman–Crippen MR) is 84.3 cm³/mol. The van der Waals surface area contributed by atoms with Crippen LogP contribution < -0.4 is 5.32 Å². The van der Waals surface area contributed by atoms with E-state index in [0.29, 0.717) is 12.2 Å². The first-order chi connectivity index (χ1) is 11.1. The van der Waals surface area contributed by atoms with Crippen molar-refractivity contribution in [2.45, 2.75) is 38.6 Å². The molecule has 1 aliphatic rings. The van der Waals surface area contributed by atoms with Gasteiger partial charge in [-0.25, -0.2) is 4.79 Å². The van der Waals surface area contributed by atoms with Crippen LogP contribution >= 0.6 is 0 Å². The van der Waals surface area contributed by atoms with Gasteiger partial charge in [-0.05, 0) is 54.5 Å². The second-order valence-electron chi connectivity index (χ2n) is 5.83. The molecule has 23 heavy (non-hydrogen) atoms. The van der Waals surface area contributed by atoms with Gasteiger partial charge in [0.15, 0.2) is 0 Å². The van der Waals surface area contributed by atoms with Crippen LogP contribution in [0.5, 0.6) is 0 Å². The molecule has 2 aromatic rings. The number of carboxylic acids is 1. The van der Waals surface area contributed by atoms with E-state index in [4.69, 9.17) is 9.52 Å². The number of hydrogen-bond donors (Lipinski definition) is 2. The van der Waals surface area contributed by atoms with E-state index in [1.54, 1.807) is 6.07 Å². The van der Waals surface area contributed by atoms with Crippen LogP contribution in [0.1, 0.15) is 45.8 Å². The highest BCUT2D eigenvalue weighted by Gasteiger charge is 2.12. The van der Waals surface area contributed by atoms with Gasteiger partial charge in [0.2, 0.25) is 11.7 Å². The van der Waals surface area contributed by atoms with Gasteiger partial charge in [0.05, 0.1) is 13.0 Å². The Hall–Kier alpha value is -2.56. The molecular formula is C18H19NO4. The summed E-state index contributed by atoms with van der Waals surface area (Å²) in [6, 6.07) is 9.21.